The third kappa shape index (κ3) is 2.42. The van der Waals surface area contributed by atoms with Crippen LogP contribution >= 0.6 is 0 Å². The first-order valence-corrected chi connectivity index (χ1v) is 13.3. The molecule has 0 amide bonds. The monoisotopic (exact) mass is 390 g/mol. The lowest BCUT2D eigenvalue weighted by Crippen LogP contribution is -2.82. The minimum Gasteiger partial charge on any atom is -0.0626 e. The van der Waals surface area contributed by atoms with Crippen molar-refractivity contribution in [2.24, 2.45) is 0 Å². The van der Waals surface area contributed by atoms with Crippen LogP contribution in [0, 0.1) is 0 Å². The molecule has 0 spiro atoms. The predicted octanol–water partition coefficient (Wildman–Crippen LogP) is 4.41. The zero-order valence-electron chi connectivity index (χ0n) is 15.8. The highest BCUT2D eigenvalue weighted by atomic mass is 28.4. The van der Waals surface area contributed by atoms with Gasteiger partial charge in [-0.3, -0.25) is 0 Å². The molecule has 4 aromatic rings. The Morgan fingerprint density at radius 3 is 1.18 bits per heavy atom. The van der Waals surface area contributed by atoms with E-state index in [1.807, 2.05) is 0 Å². The Balaban J connectivity index is 1.86. The molecule has 0 aromatic heterocycles. The highest BCUT2D eigenvalue weighted by molar-refractivity contribution is 7.19. The van der Waals surface area contributed by atoms with Crippen molar-refractivity contribution in [2.45, 2.75) is 10.3 Å². The van der Waals surface area contributed by atoms with E-state index in [9.17, 15) is 0 Å². The second-order valence-corrected chi connectivity index (χ2v) is 14.2. The smallest absolute Gasteiger partial charge is 0.0626 e. The van der Waals surface area contributed by atoms with Gasteiger partial charge < -0.3 is 0 Å². The van der Waals surface area contributed by atoms with Crippen molar-refractivity contribution in [3.63, 3.8) is 0 Å². The minimum atomic E-state index is -2.04. The van der Waals surface area contributed by atoms with Crippen molar-refractivity contribution in [1.82, 2.24) is 0 Å². The molecule has 134 valence electrons. The molecule has 1 aliphatic rings. The van der Waals surface area contributed by atoms with Gasteiger partial charge in [-0.15, -0.1) is 0 Å². The van der Waals surface area contributed by atoms with Gasteiger partial charge in [0.05, 0.1) is 9.52 Å². The molecule has 4 aromatic carbocycles. The van der Waals surface area contributed by atoms with Crippen LogP contribution in [0.4, 0.5) is 0 Å². The normalized spacial score (nSPS) is 16.9. The number of hydrogen-bond donors (Lipinski definition) is 0. The zero-order chi connectivity index (χ0) is 18.9. The fraction of sp³-hybridized carbons (Fsp3) is 0.0769. The van der Waals surface area contributed by atoms with Crippen LogP contribution in [0.25, 0.3) is 0 Å². The van der Waals surface area contributed by atoms with Crippen LogP contribution < -0.4 is 10.4 Å². The van der Waals surface area contributed by atoms with E-state index in [2.05, 4.69) is 121 Å². The molecule has 1 heterocycles. The van der Waals surface area contributed by atoms with Crippen LogP contribution in [-0.2, 0) is 4.66 Å². The largest absolute Gasteiger partial charge is 0.126 e. The molecular formula is C26H22Si2. The van der Waals surface area contributed by atoms with Crippen LogP contribution in [0.15, 0.2) is 121 Å². The molecular weight excluding hydrogens is 368 g/mol. The van der Waals surface area contributed by atoms with E-state index in [1.165, 1.54) is 16.8 Å². The summed E-state index contributed by atoms with van der Waals surface area (Å²) in [6.07, 6.45) is 0. The summed E-state index contributed by atoms with van der Waals surface area (Å²) in [6.45, 7) is 0. The van der Waals surface area contributed by atoms with Gasteiger partial charge in [-0.25, -0.2) is 0 Å². The lowest BCUT2D eigenvalue weighted by molar-refractivity contribution is 0.929. The quantitative estimate of drug-likeness (QED) is 0.453. The first kappa shape index (κ1) is 17.4. The number of rotatable bonds is 4. The van der Waals surface area contributed by atoms with Gasteiger partial charge in [0.25, 0.3) is 0 Å². The topological polar surface area (TPSA) is 0 Å². The van der Waals surface area contributed by atoms with E-state index in [-0.39, 0.29) is 4.66 Å². The van der Waals surface area contributed by atoms with Gasteiger partial charge in [0.2, 0.25) is 0 Å². The predicted molar refractivity (Wildman–Crippen MR) is 122 cm³/mol. The summed E-state index contributed by atoms with van der Waals surface area (Å²) in [5, 5.41) is 3.10. The maximum atomic E-state index is 2.38. The molecule has 0 atom stereocenters. The molecule has 1 fully saturated rings. The van der Waals surface area contributed by atoms with Gasteiger partial charge >= 0.3 is 0 Å². The van der Waals surface area contributed by atoms with Gasteiger partial charge in [0, 0.05) is 4.66 Å². The van der Waals surface area contributed by atoms with E-state index >= 15 is 0 Å². The molecule has 1 aliphatic heterocycles. The zero-order valence-corrected chi connectivity index (χ0v) is 17.8. The van der Waals surface area contributed by atoms with Crippen LogP contribution in [0.1, 0.15) is 11.1 Å². The van der Waals surface area contributed by atoms with Crippen molar-refractivity contribution < 1.29 is 0 Å². The van der Waals surface area contributed by atoms with Crippen molar-refractivity contribution in [3.05, 3.63) is 132 Å². The summed E-state index contributed by atoms with van der Waals surface area (Å²) in [6, 6.07) is 45.2. The molecule has 2 radical (unpaired) electrons. The molecule has 0 bridgehead atoms. The van der Waals surface area contributed by atoms with Crippen molar-refractivity contribution in [3.8, 4) is 0 Å². The van der Waals surface area contributed by atoms with E-state index in [1.54, 1.807) is 10.4 Å². The minimum absolute atomic E-state index is 0.0955. The second-order valence-electron chi connectivity index (χ2n) is 7.47. The first-order chi connectivity index (χ1) is 13.9. The maximum Gasteiger partial charge on any atom is 0.126 e. The summed E-state index contributed by atoms with van der Waals surface area (Å²) in [4.78, 5) is 0. The van der Waals surface area contributed by atoms with Gasteiger partial charge in [-0.1, -0.05) is 137 Å². The lowest BCUT2D eigenvalue weighted by atomic mass is 10.0. The van der Waals surface area contributed by atoms with Crippen molar-refractivity contribution in [1.29, 1.82) is 0 Å². The number of benzene rings is 4. The Bertz CT molecular complexity index is 877. The summed E-state index contributed by atoms with van der Waals surface area (Å²) >= 11 is 0. The summed E-state index contributed by atoms with van der Waals surface area (Å²) in [7, 11) is -1.14. The Morgan fingerprint density at radius 2 is 0.857 bits per heavy atom. The average molecular weight is 391 g/mol. The fourth-order valence-corrected chi connectivity index (χ4v) is 15.7. The van der Waals surface area contributed by atoms with E-state index in [0.717, 1.165) is 9.52 Å². The fourth-order valence-electron chi connectivity index (χ4n) is 4.93. The van der Waals surface area contributed by atoms with Gasteiger partial charge in [-0.2, -0.15) is 0 Å². The molecule has 2 heteroatoms. The van der Waals surface area contributed by atoms with E-state index < -0.39 is 8.07 Å². The SMILES string of the molecule is c1ccc(C2(c3ccccc3)[Si]C[Si]2(c2ccccc2)c2ccccc2)cc1. The Labute approximate surface area is 170 Å². The molecule has 0 saturated carbocycles. The van der Waals surface area contributed by atoms with Crippen LogP contribution in [0.5, 0.6) is 0 Å². The molecule has 0 aliphatic carbocycles. The standard InChI is InChI=1S/C26H22Si2/c1-5-13-22(14-6-1)26(23-15-7-2-8-16-23)27-21-28(26,24-17-9-3-10-18-24)25-19-11-4-12-20-25/h1-20H,21H2. The number of hydrogen-bond acceptors (Lipinski definition) is 0. The van der Waals surface area contributed by atoms with Gasteiger partial charge in [0.1, 0.15) is 8.07 Å². The summed E-state index contributed by atoms with van der Waals surface area (Å²) in [5.74, 6) is 0. The molecule has 28 heavy (non-hydrogen) atoms. The first-order valence-electron chi connectivity index (χ1n) is 9.85. The maximum absolute atomic E-state index is 2.38. The van der Waals surface area contributed by atoms with Crippen LogP contribution in [0.3, 0.4) is 0 Å². The Kier molecular flexibility index (Phi) is 4.38. The molecule has 5 rings (SSSR count). The van der Waals surface area contributed by atoms with E-state index in [4.69, 9.17) is 0 Å². The highest BCUT2D eigenvalue weighted by Gasteiger charge is 2.64. The third-order valence-corrected chi connectivity index (χ3v) is 16.4. The Hall–Kier alpha value is -2.69. The molecule has 0 unspecified atom stereocenters. The average Bonchev–Trinajstić information content (AvgIpc) is 2.77. The second kappa shape index (κ2) is 7.04. The third-order valence-electron chi connectivity index (χ3n) is 6.21. The van der Waals surface area contributed by atoms with E-state index in [0.29, 0.717) is 0 Å². The van der Waals surface area contributed by atoms with Crippen molar-refractivity contribution >= 4 is 28.0 Å². The molecule has 0 nitrogen and oxygen atoms in total. The molecule has 0 N–H and O–H groups in total. The summed E-state index contributed by atoms with van der Waals surface area (Å²) < 4.78 is 0.0955. The van der Waals surface area contributed by atoms with Crippen molar-refractivity contribution in [2.75, 3.05) is 0 Å². The van der Waals surface area contributed by atoms with Crippen LogP contribution in [-0.4, -0.2) is 17.6 Å². The summed E-state index contributed by atoms with van der Waals surface area (Å²) in [5.41, 5.74) is 4.26. The highest BCUT2D eigenvalue weighted by Crippen LogP contribution is 2.49. The van der Waals surface area contributed by atoms with Gasteiger partial charge in [0.15, 0.2) is 0 Å². The molecule has 1 saturated heterocycles. The van der Waals surface area contributed by atoms with Crippen LogP contribution in [0.2, 0.25) is 5.67 Å². The Morgan fingerprint density at radius 1 is 0.500 bits per heavy atom. The lowest BCUT2D eigenvalue weighted by Gasteiger charge is -2.59. The van der Waals surface area contributed by atoms with Gasteiger partial charge in [-0.05, 0) is 11.1 Å².